The van der Waals surface area contributed by atoms with E-state index in [1.807, 2.05) is 6.92 Å². The lowest BCUT2D eigenvalue weighted by Gasteiger charge is -2.14. The SMILES string of the molecule is CCC(CO)NC(=O)c1ccc(NC(=O)c2ccc(F)cc2F)cc1. The normalized spacial score (nSPS) is 11.7. The van der Waals surface area contributed by atoms with E-state index in [1.54, 1.807) is 0 Å². The van der Waals surface area contributed by atoms with E-state index in [-0.39, 0.29) is 24.1 Å². The maximum Gasteiger partial charge on any atom is 0.258 e. The highest BCUT2D eigenvalue weighted by atomic mass is 19.1. The molecule has 3 N–H and O–H groups in total. The van der Waals surface area contributed by atoms with Gasteiger partial charge in [-0.1, -0.05) is 6.92 Å². The number of aliphatic hydroxyl groups excluding tert-OH is 1. The zero-order chi connectivity index (χ0) is 18.4. The Bertz CT molecular complexity index is 759. The predicted octanol–water partition coefficient (Wildman–Crippen LogP) is 2.72. The van der Waals surface area contributed by atoms with E-state index < -0.39 is 17.5 Å². The van der Waals surface area contributed by atoms with Gasteiger partial charge in [-0.15, -0.1) is 0 Å². The predicted molar refractivity (Wildman–Crippen MR) is 89.4 cm³/mol. The highest BCUT2D eigenvalue weighted by Crippen LogP contribution is 2.14. The van der Waals surface area contributed by atoms with Crippen molar-refractivity contribution in [2.75, 3.05) is 11.9 Å². The number of hydrogen-bond acceptors (Lipinski definition) is 3. The lowest BCUT2D eigenvalue weighted by atomic mass is 10.1. The lowest BCUT2D eigenvalue weighted by Crippen LogP contribution is -2.36. The van der Waals surface area contributed by atoms with Crippen molar-refractivity contribution >= 4 is 17.5 Å². The van der Waals surface area contributed by atoms with Crippen LogP contribution in [0.5, 0.6) is 0 Å². The summed E-state index contributed by atoms with van der Waals surface area (Å²) in [4.78, 5) is 24.0. The lowest BCUT2D eigenvalue weighted by molar-refractivity contribution is 0.0914. The number of carbonyl (C=O) groups excluding carboxylic acids is 2. The fourth-order valence-corrected chi connectivity index (χ4v) is 2.12. The summed E-state index contributed by atoms with van der Waals surface area (Å²) < 4.78 is 26.5. The summed E-state index contributed by atoms with van der Waals surface area (Å²) in [7, 11) is 0. The van der Waals surface area contributed by atoms with Crippen molar-refractivity contribution in [1.82, 2.24) is 5.32 Å². The van der Waals surface area contributed by atoms with Gasteiger partial charge >= 0.3 is 0 Å². The molecule has 0 aliphatic rings. The molecule has 2 amide bonds. The van der Waals surface area contributed by atoms with Gasteiger partial charge in [0.2, 0.25) is 0 Å². The van der Waals surface area contributed by atoms with Crippen molar-refractivity contribution in [3.8, 4) is 0 Å². The van der Waals surface area contributed by atoms with Crippen molar-refractivity contribution in [3.63, 3.8) is 0 Å². The molecule has 1 unspecified atom stereocenters. The summed E-state index contributed by atoms with van der Waals surface area (Å²) in [5.74, 6) is -2.79. The molecular formula is C18H18F2N2O3. The van der Waals surface area contributed by atoms with Crippen LogP contribution in [0.1, 0.15) is 34.1 Å². The van der Waals surface area contributed by atoms with Gasteiger partial charge in [-0.2, -0.15) is 0 Å². The average Bonchev–Trinajstić information content (AvgIpc) is 2.59. The molecule has 2 aromatic carbocycles. The highest BCUT2D eigenvalue weighted by molar-refractivity contribution is 6.04. The molecule has 1 atom stereocenters. The Labute approximate surface area is 143 Å². The highest BCUT2D eigenvalue weighted by Gasteiger charge is 2.14. The minimum atomic E-state index is -0.955. The molecule has 0 fully saturated rings. The molecule has 0 saturated carbocycles. The monoisotopic (exact) mass is 348 g/mol. The maximum atomic E-state index is 13.6. The first-order valence-electron chi connectivity index (χ1n) is 7.72. The van der Waals surface area contributed by atoms with Gasteiger partial charge in [0.05, 0.1) is 18.2 Å². The largest absolute Gasteiger partial charge is 0.394 e. The summed E-state index contributed by atoms with van der Waals surface area (Å²) >= 11 is 0. The van der Waals surface area contributed by atoms with Gasteiger partial charge in [0.1, 0.15) is 11.6 Å². The van der Waals surface area contributed by atoms with Crippen molar-refractivity contribution in [2.24, 2.45) is 0 Å². The van der Waals surface area contributed by atoms with Crippen molar-refractivity contribution < 1.29 is 23.5 Å². The Morgan fingerprint density at radius 2 is 1.76 bits per heavy atom. The van der Waals surface area contributed by atoms with Gasteiger partial charge < -0.3 is 15.7 Å². The first kappa shape index (κ1) is 18.5. The van der Waals surface area contributed by atoms with Crippen LogP contribution >= 0.6 is 0 Å². The van der Waals surface area contributed by atoms with Crippen LogP contribution in [0.3, 0.4) is 0 Å². The molecule has 25 heavy (non-hydrogen) atoms. The zero-order valence-electron chi connectivity index (χ0n) is 13.6. The van der Waals surface area contributed by atoms with Crippen LogP contribution in [0.15, 0.2) is 42.5 Å². The van der Waals surface area contributed by atoms with Crippen LogP contribution in [-0.4, -0.2) is 29.6 Å². The Kier molecular flexibility index (Phi) is 6.19. The second-order valence-electron chi connectivity index (χ2n) is 5.42. The topological polar surface area (TPSA) is 78.4 Å². The van der Waals surface area contributed by atoms with E-state index in [2.05, 4.69) is 10.6 Å². The minimum Gasteiger partial charge on any atom is -0.394 e. The molecule has 0 bridgehead atoms. The Morgan fingerprint density at radius 3 is 2.32 bits per heavy atom. The zero-order valence-corrected chi connectivity index (χ0v) is 13.6. The van der Waals surface area contributed by atoms with Gasteiger partial charge in [0.15, 0.2) is 0 Å². The molecule has 0 radical (unpaired) electrons. The maximum absolute atomic E-state index is 13.6. The number of nitrogens with one attached hydrogen (secondary N) is 2. The molecule has 2 aromatic rings. The summed E-state index contributed by atoms with van der Waals surface area (Å²) in [6.45, 7) is 1.69. The summed E-state index contributed by atoms with van der Waals surface area (Å²) in [6, 6.07) is 8.34. The van der Waals surface area contributed by atoms with Gasteiger partial charge in [-0.05, 0) is 42.8 Å². The molecule has 0 spiro atoms. The molecule has 0 heterocycles. The first-order valence-corrected chi connectivity index (χ1v) is 7.72. The quantitative estimate of drug-likeness (QED) is 0.751. The second-order valence-corrected chi connectivity index (χ2v) is 5.42. The molecule has 0 aliphatic heterocycles. The van der Waals surface area contributed by atoms with Gasteiger partial charge in [0.25, 0.3) is 11.8 Å². The molecule has 0 aromatic heterocycles. The van der Waals surface area contributed by atoms with E-state index in [1.165, 1.54) is 24.3 Å². The standard InChI is InChI=1S/C18H18F2N2O3/c1-2-13(10-23)21-17(24)11-3-6-14(7-4-11)22-18(25)15-8-5-12(19)9-16(15)20/h3-9,13,23H,2,10H2,1H3,(H,21,24)(H,22,25). The third-order valence-electron chi connectivity index (χ3n) is 3.63. The van der Waals surface area contributed by atoms with Crippen LogP contribution in [-0.2, 0) is 0 Å². The summed E-state index contributed by atoms with van der Waals surface area (Å²) in [6.07, 6.45) is 0.597. The third-order valence-corrected chi connectivity index (χ3v) is 3.63. The molecular weight excluding hydrogens is 330 g/mol. The second kappa shape index (κ2) is 8.34. The van der Waals surface area contributed by atoms with Gasteiger partial charge in [0, 0.05) is 17.3 Å². The number of hydrogen-bond donors (Lipinski definition) is 3. The number of amides is 2. The number of anilines is 1. The third kappa shape index (κ3) is 4.84. The molecule has 5 nitrogen and oxygen atoms in total. The Morgan fingerprint density at radius 1 is 1.08 bits per heavy atom. The Balaban J connectivity index is 2.04. The fourth-order valence-electron chi connectivity index (χ4n) is 2.12. The molecule has 132 valence electrons. The molecule has 2 rings (SSSR count). The minimum absolute atomic E-state index is 0.153. The number of rotatable bonds is 6. The van der Waals surface area contributed by atoms with Gasteiger partial charge in [-0.3, -0.25) is 9.59 Å². The van der Waals surface area contributed by atoms with Crippen LogP contribution in [0.25, 0.3) is 0 Å². The van der Waals surface area contributed by atoms with E-state index in [0.717, 1.165) is 12.1 Å². The molecule has 0 saturated heterocycles. The van der Waals surface area contributed by atoms with E-state index in [0.29, 0.717) is 23.7 Å². The smallest absolute Gasteiger partial charge is 0.258 e. The number of aliphatic hydroxyl groups is 1. The fraction of sp³-hybridized carbons (Fsp3) is 0.222. The van der Waals surface area contributed by atoms with E-state index >= 15 is 0 Å². The van der Waals surface area contributed by atoms with Crippen LogP contribution in [0.4, 0.5) is 14.5 Å². The number of benzene rings is 2. The molecule has 7 heteroatoms. The van der Waals surface area contributed by atoms with E-state index in [4.69, 9.17) is 5.11 Å². The van der Waals surface area contributed by atoms with Gasteiger partial charge in [-0.25, -0.2) is 8.78 Å². The van der Waals surface area contributed by atoms with Crippen LogP contribution in [0.2, 0.25) is 0 Å². The number of halogens is 2. The summed E-state index contributed by atoms with van der Waals surface area (Å²) in [5.41, 5.74) is 0.439. The summed E-state index contributed by atoms with van der Waals surface area (Å²) in [5, 5.41) is 14.2. The van der Waals surface area contributed by atoms with Crippen molar-refractivity contribution in [1.29, 1.82) is 0 Å². The average molecular weight is 348 g/mol. The van der Waals surface area contributed by atoms with Crippen molar-refractivity contribution in [3.05, 3.63) is 65.2 Å². The van der Waals surface area contributed by atoms with Crippen LogP contribution in [0, 0.1) is 11.6 Å². The van der Waals surface area contributed by atoms with Crippen molar-refractivity contribution in [2.45, 2.75) is 19.4 Å². The van der Waals surface area contributed by atoms with E-state index in [9.17, 15) is 18.4 Å². The van der Waals surface area contributed by atoms with Crippen LogP contribution < -0.4 is 10.6 Å². The first-order chi connectivity index (χ1) is 11.9. The molecule has 0 aliphatic carbocycles. The number of carbonyl (C=O) groups is 2. The Hall–Kier alpha value is -2.80.